The first kappa shape index (κ1) is 11.4. The van der Waals surface area contributed by atoms with Crippen molar-refractivity contribution in [3.63, 3.8) is 0 Å². The second-order valence-corrected chi connectivity index (χ2v) is 4.47. The van der Waals surface area contributed by atoms with Crippen LogP contribution in [0.25, 0.3) is 0 Å². The van der Waals surface area contributed by atoms with Gasteiger partial charge in [0.2, 0.25) is 5.91 Å². The normalized spacial score (nSPS) is 19.7. The maximum atomic E-state index is 11.7. The van der Waals surface area contributed by atoms with Gasteiger partial charge in [-0.3, -0.25) is 4.79 Å². The zero-order valence-electron chi connectivity index (χ0n) is 9.00. The molecule has 1 saturated heterocycles. The van der Waals surface area contributed by atoms with E-state index in [0.717, 1.165) is 30.1 Å². The lowest BCUT2D eigenvalue weighted by Crippen LogP contribution is -2.31. The molecule has 1 aliphatic heterocycles. The van der Waals surface area contributed by atoms with Crippen LogP contribution in [-0.2, 0) is 11.3 Å². The molecule has 2 rings (SSSR count). The van der Waals surface area contributed by atoms with Crippen LogP contribution in [0.2, 0.25) is 5.02 Å². The van der Waals surface area contributed by atoms with E-state index in [1.54, 1.807) is 0 Å². The molecule has 1 atom stereocenters. The highest BCUT2D eigenvalue weighted by Gasteiger charge is 2.21. The molecule has 1 amide bonds. The highest BCUT2D eigenvalue weighted by molar-refractivity contribution is 6.30. The molecule has 0 spiro atoms. The molecule has 3 nitrogen and oxygen atoms in total. The monoisotopic (exact) mass is 238 g/mol. The van der Waals surface area contributed by atoms with Gasteiger partial charge < -0.3 is 10.6 Å². The summed E-state index contributed by atoms with van der Waals surface area (Å²) in [6.07, 6.45) is 0.937. The number of hydrogen-bond acceptors (Lipinski definition) is 2. The van der Waals surface area contributed by atoms with E-state index >= 15 is 0 Å². The van der Waals surface area contributed by atoms with Gasteiger partial charge in [0.05, 0.1) is 5.92 Å². The number of benzene rings is 1. The summed E-state index contributed by atoms with van der Waals surface area (Å²) < 4.78 is 0. The molecule has 0 aliphatic carbocycles. The summed E-state index contributed by atoms with van der Waals surface area (Å²) in [5.74, 6) is 0.271. The number of halogens is 1. The van der Waals surface area contributed by atoms with Crippen molar-refractivity contribution in [3.8, 4) is 0 Å². The van der Waals surface area contributed by atoms with E-state index in [1.165, 1.54) is 0 Å². The molecule has 0 saturated carbocycles. The number of amides is 1. The summed E-state index contributed by atoms with van der Waals surface area (Å²) in [7, 11) is 0. The number of hydrogen-bond donors (Lipinski definition) is 2. The summed E-state index contributed by atoms with van der Waals surface area (Å²) >= 11 is 5.78. The summed E-state index contributed by atoms with van der Waals surface area (Å²) in [6, 6.07) is 7.52. The Morgan fingerprint density at radius 1 is 1.44 bits per heavy atom. The van der Waals surface area contributed by atoms with Crippen molar-refractivity contribution in [2.24, 2.45) is 5.92 Å². The minimum absolute atomic E-state index is 0.132. The fourth-order valence-corrected chi connectivity index (χ4v) is 1.94. The molecule has 1 aromatic carbocycles. The molecule has 0 radical (unpaired) electrons. The first-order valence-corrected chi connectivity index (χ1v) is 5.86. The van der Waals surface area contributed by atoms with Gasteiger partial charge in [-0.2, -0.15) is 0 Å². The Kier molecular flexibility index (Phi) is 3.80. The predicted molar refractivity (Wildman–Crippen MR) is 64.3 cm³/mol. The maximum absolute atomic E-state index is 11.7. The quantitative estimate of drug-likeness (QED) is 0.839. The standard InChI is InChI=1S/C12H15ClN2O/c13-11-3-1-9(2-4-11)7-15-12(16)10-5-6-14-8-10/h1-4,10,14H,5-8H2,(H,15,16). The summed E-state index contributed by atoms with van der Waals surface area (Å²) in [6.45, 7) is 2.32. The van der Waals surface area contributed by atoms with Crippen LogP contribution in [0.4, 0.5) is 0 Å². The molecule has 0 bridgehead atoms. The zero-order chi connectivity index (χ0) is 11.4. The third kappa shape index (κ3) is 2.97. The molecular formula is C12H15ClN2O. The molecule has 4 heteroatoms. The average molecular weight is 239 g/mol. The molecule has 86 valence electrons. The molecule has 0 aromatic heterocycles. The third-order valence-corrected chi connectivity index (χ3v) is 3.06. The molecule has 1 fully saturated rings. The van der Waals surface area contributed by atoms with Gasteiger partial charge in [0.1, 0.15) is 0 Å². The average Bonchev–Trinajstić information content (AvgIpc) is 2.81. The number of carbonyl (C=O) groups is 1. The van der Waals surface area contributed by atoms with Crippen LogP contribution in [0.15, 0.2) is 24.3 Å². The molecule has 1 aliphatic rings. The summed E-state index contributed by atoms with van der Waals surface area (Å²) in [4.78, 5) is 11.7. The summed E-state index contributed by atoms with van der Waals surface area (Å²) in [5.41, 5.74) is 1.07. The zero-order valence-corrected chi connectivity index (χ0v) is 9.76. The van der Waals surface area contributed by atoms with Gasteiger partial charge in [0, 0.05) is 18.1 Å². The van der Waals surface area contributed by atoms with Gasteiger partial charge in [-0.25, -0.2) is 0 Å². The second kappa shape index (κ2) is 5.32. The fraction of sp³-hybridized carbons (Fsp3) is 0.417. The number of carbonyl (C=O) groups excluding carboxylic acids is 1. The third-order valence-electron chi connectivity index (χ3n) is 2.81. The molecular weight excluding hydrogens is 224 g/mol. The fourth-order valence-electron chi connectivity index (χ4n) is 1.81. The topological polar surface area (TPSA) is 41.1 Å². The maximum Gasteiger partial charge on any atom is 0.224 e. The van der Waals surface area contributed by atoms with Crippen LogP contribution in [-0.4, -0.2) is 19.0 Å². The lowest BCUT2D eigenvalue weighted by Gasteiger charge is -2.09. The Hall–Kier alpha value is -1.06. The van der Waals surface area contributed by atoms with Crippen molar-refractivity contribution in [2.45, 2.75) is 13.0 Å². The number of rotatable bonds is 3. The van der Waals surface area contributed by atoms with Crippen LogP contribution in [0.5, 0.6) is 0 Å². The van der Waals surface area contributed by atoms with Crippen LogP contribution >= 0.6 is 11.6 Å². The van der Waals surface area contributed by atoms with Crippen LogP contribution in [0, 0.1) is 5.92 Å². The van der Waals surface area contributed by atoms with E-state index in [1.807, 2.05) is 24.3 Å². The minimum atomic E-state index is 0.132. The van der Waals surface area contributed by atoms with E-state index in [9.17, 15) is 4.79 Å². The van der Waals surface area contributed by atoms with E-state index in [-0.39, 0.29) is 11.8 Å². The Labute approximate surface area is 100 Å². The lowest BCUT2D eigenvalue weighted by molar-refractivity contribution is -0.124. The Bertz CT molecular complexity index is 358. The molecule has 16 heavy (non-hydrogen) atoms. The summed E-state index contributed by atoms with van der Waals surface area (Å²) in [5, 5.41) is 6.84. The second-order valence-electron chi connectivity index (χ2n) is 4.03. The minimum Gasteiger partial charge on any atom is -0.352 e. The van der Waals surface area contributed by atoms with Gasteiger partial charge in [0.25, 0.3) is 0 Å². The first-order valence-electron chi connectivity index (χ1n) is 5.48. The predicted octanol–water partition coefficient (Wildman–Crippen LogP) is 1.57. The highest BCUT2D eigenvalue weighted by atomic mass is 35.5. The van der Waals surface area contributed by atoms with Crippen molar-refractivity contribution < 1.29 is 4.79 Å². The Morgan fingerprint density at radius 2 is 2.19 bits per heavy atom. The molecule has 1 unspecified atom stereocenters. The smallest absolute Gasteiger partial charge is 0.224 e. The van der Waals surface area contributed by atoms with Gasteiger partial charge in [0.15, 0.2) is 0 Å². The van der Waals surface area contributed by atoms with Crippen LogP contribution in [0.3, 0.4) is 0 Å². The molecule has 1 aromatic rings. The van der Waals surface area contributed by atoms with Gasteiger partial charge >= 0.3 is 0 Å². The molecule has 1 heterocycles. The van der Waals surface area contributed by atoms with E-state index < -0.39 is 0 Å². The van der Waals surface area contributed by atoms with Gasteiger partial charge in [-0.05, 0) is 30.7 Å². The van der Waals surface area contributed by atoms with Crippen LogP contribution < -0.4 is 10.6 Å². The Morgan fingerprint density at radius 3 is 2.81 bits per heavy atom. The van der Waals surface area contributed by atoms with Crippen molar-refractivity contribution in [2.75, 3.05) is 13.1 Å². The van der Waals surface area contributed by atoms with Crippen molar-refractivity contribution in [3.05, 3.63) is 34.9 Å². The van der Waals surface area contributed by atoms with Crippen molar-refractivity contribution in [1.29, 1.82) is 0 Å². The van der Waals surface area contributed by atoms with E-state index in [4.69, 9.17) is 11.6 Å². The lowest BCUT2D eigenvalue weighted by atomic mass is 10.1. The van der Waals surface area contributed by atoms with Gasteiger partial charge in [-0.1, -0.05) is 23.7 Å². The first-order chi connectivity index (χ1) is 7.75. The number of nitrogens with one attached hydrogen (secondary N) is 2. The Balaban J connectivity index is 1.82. The van der Waals surface area contributed by atoms with Crippen molar-refractivity contribution >= 4 is 17.5 Å². The van der Waals surface area contributed by atoms with E-state index in [2.05, 4.69) is 10.6 Å². The van der Waals surface area contributed by atoms with E-state index in [0.29, 0.717) is 6.54 Å². The van der Waals surface area contributed by atoms with Crippen LogP contribution in [0.1, 0.15) is 12.0 Å². The largest absolute Gasteiger partial charge is 0.352 e. The van der Waals surface area contributed by atoms with Gasteiger partial charge in [-0.15, -0.1) is 0 Å². The SMILES string of the molecule is O=C(NCc1ccc(Cl)cc1)C1CCNC1. The van der Waals surface area contributed by atoms with Crippen molar-refractivity contribution in [1.82, 2.24) is 10.6 Å². The molecule has 2 N–H and O–H groups in total. The highest BCUT2D eigenvalue weighted by Crippen LogP contribution is 2.10.